The minimum Gasteiger partial charge on any atom is -0.495 e. The van der Waals surface area contributed by atoms with Crippen molar-refractivity contribution < 1.29 is 14.3 Å². The summed E-state index contributed by atoms with van der Waals surface area (Å²) < 4.78 is 5.29. The van der Waals surface area contributed by atoms with Crippen molar-refractivity contribution in [2.24, 2.45) is 0 Å². The Labute approximate surface area is 153 Å². The summed E-state index contributed by atoms with van der Waals surface area (Å²) in [5, 5.41) is 12.5. The highest BCUT2D eigenvalue weighted by atomic mass is 16.5. The van der Waals surface area contributed by atoms with Crippen LogP contribution in [0.2, 0.25) is 0 Å². The molecule has 1 heterocycles. The Kier molecular flexibility index (Phi) is 6.77. The number of nitrogens with zero attached hydrogens (tertiary/aromatic N) is 1. The van der Waals surface area contributed by atoms with Crippen LogP contribution in [-0.2, 0) is 4.79 Å². The molecule has 0 atom stereocenters. The number of benzene rings is 1. The van der Waals surface area contributed by atoms with Crippen LogP contribution < -0.4 is 15.4 Å². The average Bonchev–Trinajstić information content (AvgIpc) is 3.10. The van der Waals surface area contributed by atoms with Crippen LogP contribution in [0.4, 0.5) is 11.4 Å². The molecule has 0 aliphatic rings. The van der Waals surface area contributed by atoms with Crippen molar-refractivity contribution in [2.45, 2.75) is 46.0 Å². The Hall–Kier alpha value is -2.83. The van der Waals surface area contributed by atoms with Gasteiger partial charge in [0.1, 0.15) is 5.75 Å². The normalized spacial score (nSPS) is 10.7. The number of rotatable bonds is 8. The van der Waals surface area contributed by atoms with Crippen LogP contribution in [0.15, 0.2) is 24.4 Å². The molecule has 1 aromatic heterocycles. The van der Waals surface area contributed by atoms with E-state index in [4.69, 9.17) is 4.74 Å². The molecule has 7 nitrogen and oxygen atoms in total. The van der Waals surface area contributed by atoms with Gasteiger partial charge in [0.2, 0.25) is 5.91 Å². The zero-order valence-electron chi connectivity index (χ0n) is 15.7. The van der Waals surface area contributed by atoms with Gasteiger partial charge in [0.15, 0.2) is 0 Å². The predicted octanol–water partition coefficient (Wildman–Crippen LogP) is 3.92. The van der Waals surface area contributed by atoms with E-state index in [2.05, 4.69) is 20.8 Å². The topological polar surface area (TPSA) is 96.1 Å². The van der Waals surface area contributed by atoms with Gasteiger partial charge in [0.05, 0.1) is 30.3 Å². The Bertz CT molecular complexity index is 768. The smallest absolute Gasteiger partial charge is 0.259 e. The fourth-order valence-corrected chi connectivity index (χ4v) is 2.55. The molecule has 0 saturated carbocycles. The van der Waals surface area contributed by atoms with E-state index in [0.717, 1.165) is 18.5 Å². The van der Waals surface area contributed by atoms with Gasteiger partial charge >= 0.3 is 0 Å². The third kappa shape index (κ3) is 4.84. The summed E-state index contributed by atoms with van der Waals surface area (Å²) in [6.45, 7) is 6.01. The Morgan fingerprint density at radius 1 is 1.27 bits per heavy atom. The van der Waals surface area contributed by atoms with E-state index in [1.165, 1.54) is 13.3 Å². The number of carbonyl (C=O) groups is 2. The number of carbonyl (C=O) groups excluding carboxylic acids is 2. The molecule has 0 radical (unpaired) electrons. The van der Waals surface area contributed by atoms with Gasteiger partial charge in [-0.05, 0) is 30.5 Å². The molecule has 7 heteroatoms. The summed E-state index contributed by atoms with van der Waals surface area (Å²) in [4.78, 5) is 24.6. The molecular weight excluding hydrogens is 332 g/mol. The number of H-pyrrole nitrogens is 1. The molecule has 0 aliphatic heterocycles. The minimum atomic E-state index is -0.254. The number of aromatic amines is 1. The van der Waals surface area contributed by atoms with Crippen molar-refractivity contribution in [1.29, 1.82) is 0 Å². The first-order valence-corrected chi connectivity index (χ1v) is 8.78. The molecule has 2 rings (SSSR count). The number of hydrogen-bond donors (Lipinski definition) is 3. The zero-order valence-corrected chi connectivity index (χ0v) is 15.7. The van der Waals surface area contributed by atoms with E-state index in [1.807, 2.05) is 20.8 Å². The van der Waals surface area contributed by atoms with Crippen molar-refractivity contribution in [2.75, 3.05) is 17.7 Å². The molecule has 2 amide bonds. The monoisotopic (exact) mass is 358 g/mol. The Balaban J connectivity index is 2.17. The number of anilines is 2. The molecule has 26 heavy (non-hydrogen) atoms. The fourth-order valence-electron chi connectivity index (χ4n) is 2.55. The summed E-state index contributed by atoms with van der Waals surface area (Å²) in [5.41, 5.74) is 2.38. The molecule has 3 N–H and O–H groups in total. The average molecular weight is 358 g/mol. The van der Waals surface area contributed by atoms with Crippen LogP contribution in [0.5, 0.6) is 5.75 Å². The zero-order chi connectivity index (χ0) is 19.1. The number of nitrogens with one attached hydrogen (secondary N) is 3. The van der Waals surface area contributed by atoms with E-state index in [9.17, 15) is 9.59 Å². The van der Waals surface area contributed by atoms with E-state index >= 15 is 0 Å². The van der Waals surface area contributed by atoms with E-state index in [1.54, 1.807) is 18.2 Å². The highest BCUT2D eigenvalue weighted by Gasteiger charge is 2.17. The van der Waals surface area contributed by atoms with Crippen LogP contribution in [0.3, 0.4) is 0 Å². The number of unbranched alkanes of at least 4 members (excludes halogenated alkanes) is 1. The van der Waals surface area contributed by atoms with Crippen LogP contribution >= 0.6 is 0 Å². The molecular formula is C19H26N4O3. The first-order valence-electron chi connectivity index (χ1n) is 8.78. The first kappa shape index (κ1) is 19.5. The minimum absolute atomic E-state index is 0.0782. The van der Waals surface area contributed by atoms with Crippen molar-refractivity contribution in [1.82, 2.24) is 10.2 Å². The summed E-state index contributed by atoms with van der Waals surface area (Å²) in [6.07, 6.45) is 3.73. The van der Waals surface area contributed by atoms with E-state index in [0.29, 0.717) is 29.1 Å². The quantitative estimate of drug-likeness (QED) is 0.666. The largest absolute Gasteiger partial charge is 0.495 e. The number of aromatic nitrogens is 2. The highest BCUT2D eigenvalue weighted by molar-refractivity contribution is 6.05. The van der Waals surface area contributed by atoms with Crippen LogP contribution in [0, 0.1) is 0 Å². The second-order valence-corrected chi connectivity index (χ2v) is 6.37. The second-order valence-electron chi connectivity index (χ2n) is 6.37. The predicted molar refractivity (Wildman–Crippen MR) is 102 cm³/mol. The third-order valence-corrected chi connectivity index (χ3v) is 3.98. The maximum absolute atomic E-state index is 12.5. The number of ether oxygens (including phenoxy) is 1. The SMILES string of the molecule is CCCCC(=O)Nc1cc(NC(=O)c2cn[nH]c2C(C)C)ccc1OC. The van der Waals surface area contributed by atoms with Gasteiger partial charge in [0.25, 0.3) is 5.91 Å². The number of hydrogen-bond acceptors (Lipinski definition) is 4. The lowest BCUT2D eigenvalue weighted by Gasteiger charge is -2.13. The molecule has 140 valence electrons. The van der Waals surface area contributed by atoms with Crippen LogP contribution in [0.1, 0.15) is 62.0 Å². The molecule has 0 spiro atoms. The van der Waals surface area contributed by atoms with Gasteiger partial charge in [-0.2, -0.15) is 5.10 Å². The molecule has 0 aliphatic carbocycles. The molecule has 2 aromatic rings. The lowest BCUT2D eigenvalue weighted by Crippen LogP contribution is -2.15. The Morgan fingerprint density at radius 2 is 2.04 bits per heavy atom. The standard InChI is InChI=1S/C19H26N4O3/c1-5-6-7-17(24)22-15-10-13(8-9-16(15)26-4)21-19(25)14-11-20-23-18(14)12(2)3/h8-12H,5-7H2,1-4H3,(H,20,23)(H,21,25)(H,22,24). The van der Waals surface area contributed by atoms with Gasteiger partial charge in [-0.25, -0.2) is 0 Å². The van der Waals surface area contributed by atoms with Crippen LogP contribution in [-0.4, -0.2) is 29.1 Å². The van der Waals surface area contributed by atoms with Crippen molar-refractivity contribution in [3.63, 3.8) is 0 Å². The second kappa shape index (κ2) is 9.03. The number of methoxy groups -OCH3 is 1. The highest BCUT2D eigenvalue weighted by Crippen LogP contribution is 2.28. The maximum Gasteiger partial charge on any atom is 0.259 e. The van der Waals surface area contributed by atoms with E-state index < -0.39 is 0 Å². The van der Waals surface area contributed by atoms with Gasteiger partial charge in [-0.15, -0.1) is 0 Å². The maximum atomic E-state index is 12.5. The van der Waals surface area contributed by atoms with Gasteiger partial charge in [-0.1, -0.05) is 27.2 Å². The first-order chi connectivity index (χ1) is 12.5. The summed E-state index contributed by atoms with van der Waals surface area (Å²) in [5.74, 6) is 0.364. The fraction of sp³-hybridized carbons (Fsp3) is 0.421. The molecule has 0 unspecified atom stereocenters. The van der Waals surface area contributed by atoms with Gasteiger partial charge in [0, 0.05) is 12.1 Å². The molecule has 0 fully saturated rings. The van der Waals surface area contributed by atoms with E-state index in [-0.39, 0.29) is 17.7 Å². The molecule has 0 bridgehead atoms. The lowest BCUT2D eigenvalue weighted by atomic mass is 10.1. The summed E-state index contributed by atoms with van der Waals surface area (Å²) in [6, 6.07) is 5.13. The summed E-state index contributed by atoms with van der Waals surface area (Å²) >= 11 is 0. The van der Waals surface area contributed by atoms with Crippen molar-refractivity contribution in [3.8, 4) is 5.75 Å². The Morgan fingerprint density at radius 3 is 2.69 bits per heavy atom. The molecule has 0 saturated heterocycles. The van der Waals surface area contributed by atoms with Crippen molar-refractivity contribution >= 4 is 23.2 Å². The van der Waals surface area contributed by atoms with Crippen LogP contribution in [0.25, 0.3) is 0 Å². The van der Waals surface area contributed by atoms with Gasteiger partial charge in [-0.3, -0.25) is 14.7 Å². The van der Waals surface area contributed by atoms with Crippen molar-refractivity contribution in [3.05, 3.63) is 35.7 Å². The number of amides is 2. The van der Waals surface area contributed by atoms with Gasteiger partial charge < -0.3 is 15.4 Å². The third-order valence-electron chi connectivity index (χ3n) is 3.98. The summed E-state index contributed by atoms with van der Waals surface area (Å²) in [7, 11) is 1.54. The molecule has 1 aromatic carbocycles. The lowest BCUT2D eigenvalue weighted by molar-refractivity contribution is -0.116.